The Bertz CT molecular complexity index is 682. The lowest BCUT2D eigenvalue weighted by Crippen LogP contribution is -2.08. The number of ketones is 1. The third-order valence-electron chi connectivity index (χ3n) is 3.40. The lowest BCUT2D eigenvalue weighted by molar-refractivity contribution is 0.103. The van der Waals surface area contributed by atoms with Gasteiger partial charge in [-0.3, -0.25) is 4.79 Å². The molecule has 2 rings (SSSR count). The monoisotopic (exact) mass is 416 g/mol. The molecule has 2 aromatic carbocycles. The molecule has 0 aliphatic rings. The predicted octanol–water partition coefficient (Wildman–Crippen LogP) is 5.79. The standard InChI is InChI=1S/C18H16BrClF2O2/c19-8-2-1-3-9-24-14-10-15(21)17(16(22)11-14)18(23)12-4-6-13(20)7-5-12/h4-7,10-11H,1-3,8-9H2. The predicted molar refractivity (Wildman–Crippen MR) is 94.4 cm³/mol. The van der Waals surface area contributed by atoms with Crippen molar-refractivity contribution in [1.29, 1.82) is 0 Å². The van der Waals surface area contributed by atoms with Crippen molar-refractivity contribution in [3.63, 3.8) is 0 Å². The van der Waals surface area contributed by atoms with Crippen LogP contribution in [0.25, 0.3) is 0 Å². The average Bonchev–Trinajstić information content (AvgIpc) is 2.54. The van der Waals surface area contributed by atoms with Crippen LogP contribution in [0, 0.1) is 11.6 Å². The molecule has 0 N–H and O–H groups in total. The van der Waals surface area contributed by atoms with E-state index >= 15 is 0 Å². The molecule has 2 aromatic rings. The van der Waals surface area contributed by atoms with Crippen molar-refractivity contribution >= 4 is 33.3 Å². The highest BCUT2D eigenvalue weighted by atomic mass is 79.9. The van der Waals surface area contributed by atoms with Crippen molar-refractivity contribution in [1.82, 2.24) is 0 Å². The van der Waals surface area contributed by atoms with E-state index in [1.807, 2.05) is 0 Å². The summed E-state index contributed by atoms with van der Waals surface area (Å²) in [6.45, 7) is 0.371. The molecule has 0 saturated heterocycles. The summed E-state index contributed by atoms with van der Waals surface area (Å²) in [6, 6.07) is 7.92. The van der Waals surface area contributed by atoms with Crippen LogP contribution in [0.1, 0.15) is 35.2 Å². The largest absolute Gasteiger partial charge is 0.493 e. The molecule has 0 aliphatic carbocycles. The van der Waals surface area contributed by atoms with Crippen molar-refractivity contribution in [2.45, 2.75) is 19.3 Å². The average molecular weight is 418 g/mol. The van der Waals surface area contributed by atoms with E-state index in [0.29, 0.717) is 11.6 Å². The van der Waals surface area contributed by atoms with Crippen LogP contribution < -0.4 is 4.74 Å². The fourth-order valence-corrected chi connectivity index (χ4v) is 2.68. The van der Waals surface area contributed by atoms with Gasteiger partial charge in [-0.1, -0.05) is 27.5 Å². The van der Waals surface area contributed by atoms with E-state index in [0.717, 1.165) is 36.7 Å². The van der Waals surface area contributed by atoms with E-state index in [1.54, 1.807) is 0 Å². The Morgan fingerprint density at radius 1 is 1.04 bits per heavy atom. The van der Waals surface area contributed by atoms with Gasteiger partial charge in [0.15, 0.2) is 5.78 Å². The Morgan fingerprint density at radius 3 is 2.25 bits per heavy atom. The van der Waals surface area contributed by atoms with E-state index in [9.17, 15) is 13.6 Å². The van der Waals surface area contributed by atoms with Crippen molar-refractivity contribution in [3.8, 4) is 5.75 Å². The highest BCUT2D eigenvalue weighted by Gasteiger charge is 2.20. The van der Waals surface area contributed by atoms with Gasteiger partial charge in [-0.15, -0.1) is 0 Å². The normalized spacial score (nSPS) is 10.7. The van der Waals surface area contributed by atoms with Crippen LogP contribution in [0.3, 0.4) is 0 Å². The lowest BCUT2D eigenvalue weighted by Gasteiger charge is -2.09. The molecule has 128 valence electrons. The molecule has 0 spiro atoms. The minimum atomic E-state index is -0.939. The molecule has 0 radical (unpaired) electrons. The van der Waals surface area contributed by atoms with Gasteiger partial charge >= 0.3 is 0 Å². The Kier molecular flexibility index (Phi) is 7.18. The number of alkyl halides is 1. The zero-order chi connectivity index (χ0) is 17.5. The van der Waals surface area contributed by atoms with Gasteiger partial charge in [-0.25, -0.2) is 8.78 Å². The number of ether oxygens (including phenoxy) is 1. The number of carbonyl (C=O) groups excluding carboxylic acids is 1. The first-order chi connectivity index (χ1) is 11.5. The third kappa shape index (κ3) is 5.02. The summed E-state index contributed by atoms with van der Waals surface area (Å²) in [6.07, 6.45) is 2.77. The molecule has 0 aromatic heterocycles. The van der Waals surface area contributed by atoms with Gasteiger partial charge in [-0.05, 0) is 43.5 Å². The maximum Gasteiger partial charge on any atom is 0.198 e. The fourth-order valence-electron chi connectivity index (χ4n) is 2.16. The van der Waals surface area contributed by atoms with Gasteiger partial charge in [-0.2, -0.15) is 0 Å². The molecular formula is C18H16BrClF2O2. The van der Waals surface area contributed by atoms with E-state index < -0.39 is 23.0 Å². The summed E-state index contributed by atoms with van der Waals surface area (Å²) >= 11 is 9.08. The van der Waals surface area contributed by atoms with Gasteiger partial charge in [0.05, 0.1) is 12.2 Å². The van der Waals surface area contributed by atoms with Crippen molar-refractivity contribution in [2.24, 2.45) is 0 Å². The van der Waals surface area contributed by atoms with Gasteiger partial charge in [0.1, 0.15) is 17.4 Å². The van der Waals surface area contributed by atoms with Crippen LogP contribution in [-0.4, -0.2) is 17.7 Å². The molecule has 0 fully saturated rings. The van der Waals surface area contributed by atoms with Gasteiger partial charge in [0.2, 0.25) is 0 Å². The van der Waals surface area contributed by atoms with Crippen molar-refractivity contribution < 1.29 is 18.3 Å². The topological polar surface area (TPSA) is 26.3 Å². The Labute approximate surface area is 152 Å². The number of rotatable bonds is 8. The molecule has 0 saturated carbocycles. The number of benzene rings is 2. The summed E-state index contributed by atoms with van der Waals surface area (Å²) in [7, 11) is 0. The van der Waals surface area contributed by atoms with Crippen LogP contribution in [0.15, 0.2) is 36.4 Å². The summed E-state index contributed by atoms with van der Waals surface area (Å²) < 4.78 is 33.7. The Hall–Kier alpha value is -1.46. The van der Waals surface area contributed by atoms with Gasteiger partial charge < -0.3 is 4.74 Å². The summed E-state index contributed by atoms with van der Waals surface area (Å²) in [4.78, 5) is 12.3. The quantitative estimate of drug-likeness (QED) is 0.308. The van der Waals surface area contributed by atoms with Crippen LogP contribution >= 0.6 is 27.5 Å². The van der Waals surface area contributed by atoms with Crippen LogP contribution in [0.5, 0.6) is 5.75 Å². The molecule has 2 nitrogen and oxygen atoms in total. The second-order valence-electron chi connectivity index (χ2n) is 5.20. The maximum absolute atomic E-state index is 14.2. The maximum atomic E-state index is 14.2. The molecule has 0 bridgehead atoms. The molecule has 0 amide bonds. The van der Waals surface area contributed by atoms with Crippen molar-refractivity contribution in [3.05, 3.63) is 64.2 Å². The highest BCUT2D eigenvalue weighted by molar-refractivity contribution is 9.09. The first kappa shape index (κ1) is 18.9. The first-order valence-electron chi connectivity index (χ1n) is 7.51. The highest BCUT2D eigenvalue weighted by Crippen LogP contribution is 2.24. The molecule has 0 aliphatic heterocycles. The van der Waals surface area contributed by atoms with Crippen LogP contribution in [0.4, 0.5) is 8.78 Å². The molecular weight excluding hydrogens is 402 g/mol. The van der Waals surface area contributed by atoms with E-state index in [4.69, 9.17) is 16.3 Å². The molecule has 24 heavy (non-hydrogen) atoms. The number of carbonyl (C=O) groups is 1. The molecule has 0 heterocycles. The van der Waals surface area contributed by atoms with E-state index in [1.165, 1.54) is 24.3 Å². The van der Waals surface area contributed by atoms with Crippen LogP contribution in [-0.2, 0) is 0 Å². The minimum absolute atomic E-state index is 0.0801. The second-order valence-corrected chi connectivity index (χ2v) is 6.43. The zero-order valence-corrected chi connectivity index (χ0v) is 15.2. The molecule has 6 heteroatoms. The zero-order valence-electron chi connectivity index (χ0n) is 12.8. The first-order valence-corrected chi connectivity index (χ1v) is 9.01. The minimum Gasteiger partial charge on any atom is -0.493 e. The SMILES string of the molecule is O=C(c1ccc(Cl)cc1)c1c(F)cc(OCCCCCBr)cc1F. The number of halogens is 4. The lowest BCUT2D eigenvalue weighted by atomic mass is 10.0. The van der Waals surface area contributed by atoms with Crippen molar-refractivity contribution in [2.75, 3.05) is 11.9 Å². The summed E-state index contributed by atoms with van der Waals surface area (Å²) in [5.74, 6) is -2.53. The fraction of sp³-hybridized carbons (Fsp3) is 0.278. The Balaban J connectivity index is 2.11. The van der Waals surface area contributed by atoms with E-state index in [2.05, 4.69) is 15.9 Å². The number of hydrogen-bond donors (Lipinski definition) is 0. The van der Waals surface area contributed by atoms with E-state index in [-0.39, 0.29) is 11.3 Å². The Morgan fingerprint density at radius 2 is 1.67 bits per heavy atom. The summed E-state index contributed by atoms with van der Waals surface area (Å²) in [5, 5.41) is 1.36. The van der Waals surface area contributed by atoms with Gasteiger partial charge in [0, 0.05) is 28.0 Å². The van der Waals surface area contributed by atoms with Gasteiger partial charge in [0.25, 0.3) is 0 Å². The number of unbranched alkanes of at least 4 members (excludes halogenated alkanes) is 2. The second kappa shape index (κ2) is 9.14. The van der Waals surface area contributed by atoms with Crippen LogP contribution in [0.2, 0.25) is 5.02 Å². The smallest absolute Gasteiger partial charge is 0.198 e. The molecule has 0 unspecified atom stereocenters. The summed E-state index contributed by atoms with van der Waals surface area (Å²) in [5.41, 5.74) is -0.426. The third-order valence-corrected chi connectivity index (χ3v) is 4.21. The number of hydrogen-bond acceptors (Lipinski definition) is 2. The molecule has 0 atom stereocenters.